The Kier molecular flexibility index (Phi) is 2.21. The highest BCUT2D eigenvalue weighted by Gasteiger charge is 2.17. The molecule has 0 fully saturated rings. The van der Waals surface area contributed by atoms with Gasteiger partial charge in [0.05, 0.1) is 0 Å². The number of anilines is 1. The topological polar surface area (TPSA) is 111 Å². The molecule has 1 aromatic carbocycles. The van der Waals surface area contributed by atoms with E-state index in [-0.39, 0.29) is 5.58 Å². The third-order valence-electron chi connectivity index (χ3n) is 2.01. The van der Waals surface area contributed by atoms with Gasteiger partial charge in [0, 0.05) is 17.1 Å². The summed E-state index contributed by atoms with van der Waals surface area (Å²) >= 11 is 0. The molecular formula is C9H7NO5S. The molecular weight excluding hydrogens is 234 g/mol. The van der Waals surface area contributed by atoms with Crippen LogP contribution in [0.15, 0.2) is 38.4 Å². The summed E-state index contributed by atoms with van der Waals surface area (Å²) < 4.78 is 35.2. The summed E-state index contributed by atoms with van der Waals surface area (Å²) in [5.41, 5.74) is 4.89. The molecule has 2 rings (SSSR count). The molecule has 0 aliphatic heterocycles. The summed E-state index contributed by atoms with van der Waals surface area (Å²) in [4.78, 5) is 10.5. The molecule has 0 saturated heterocycles. The zero-order chi connectivity index (χ0) is 11.9. The third-order valence-corrected chi connectivity index (χ3v) is 2.85. The van der Waals surface area contributed by atoms with Gasteiger partial charge in [-0.1, -0.05) is 0 Å². The molecule has 6 nitrogen and oxygen atoms in total. The van der Waals surface area contributed by atoms with Crippen LogP contribution in [0.1, 0.15) is 0 Å². The standard InChI is InChI=1S/C9H7NO5S/c10-6-2-1-5-3-8(16(12,13)14)9(11)15-7(5)4-6/h1-4H,10H2,(H,12,13,14). The van der Waals surface area contributed by atoms with Crippen LogP contribution in [0.3, 0.4) is 0 Å². The van der Waals surface area contributed by atoms with E-state index >= 15 is 0 Å². The van der Waals surface area contributed by atoms with Crippen molar-refractivity contribution in [1.29, 1.82) is 0 Å². The lowest BCUT2D eigenvalue weighted by molar-refractivity contribution is 0.470. The van der Waals surface area contributed by atoms with E-state index in [9.17, 15) is 13.2 Å². The maximum Gasteiger partial charge on any atom is 0.357 e. The number of nitrogen functional groups attached to an aromatic ring is 1. The maximum absolute atomic E-state index is 11.2. The molecule has 84 valence electrons. The summed E-state index contributed by atoms with van der Waals surface area (Å²) in [6, 6.07) is 5.44. The van der Waals surface area contributed by atoms with E-state index in [4.69, 9.17) is 14.7 Å². The van der Waals surface area contributed by atoms with Gasteiger partial charge in [0.1, 0.15) is 5.58 Å². The minimum absolute atomic E-state index is 0.164. The van der Waals surface area contributed by atoms with Gasteiger partial charge >= 0.3 is 15.7 Å². The second-order valence-corrected chi connectivity index (χ2v) is 4.56. The lowest BCUT2D eigenvalue weighted by Crippen LogP contribution is -2.12. The molecule has 3 N–H and O–H groups in total. The minimum Gasteiger partial charge on any atom is -0.422 e. The van der Waals surface area contributed by atoms with E-state index in [2.05, 4.69) is 0 Å². The highest BCUT2D eigenvalue weighted by atomic mass is 32.2. The Labute approximate surface area is 90.0 Å². The first-order chi connectivity index (χ1) is 7.38. The van der Waals surface area contributed by atoms with Crippen LogP contribution < -0.4 is 11.4 Å². The van der Waals surface area contributed by atoms with Crippen molar-refractivity contribution in [1.82, 2.24) is 0 Å². The first-order valence-corrected chi connectivity index (χ1v) is 5.63. The molecule has 0 bridgehead atoms. The summed E-state index contributed by atoms with van der Waals surface area (Å²) in [5.74, 6) is 0. The monoisotopic (exact) mass is 241 g/mol. The Morgan fingerprint density at radius 3 is 2.56 bits per heavy atom. The number of hydrogen-bond donors (Lipinski definition) is 2. The fourth-order valence-electron chi connectivity index (χ4n) is 1.29. The van der Waals surface area contributed by atoms with Gasteiger partial charge in [0.2, 0.25) is 0 Å². The predicted octanol–water partition coefficient (Wildman–Crippen LogP) is 0.622. The van der Waals surface area contributed by atoms with E-state index in [0.29, 0.717) is 11.1 Å². The smallest absolute Gasteiger partial charge is 0.357 e. The first-order valence-electron chi connectivity index (χ1n) is 4.19. The molecule has 0 spiro atoms. The molecule has 0 radical (unpaired) electrons. The van der Waals surface area contributed by atoms with Crippen molar-refractivity contribution >= 4 is 26.8 Å². The van der Waals surface area contributed by atoms with E-state index in [1.54, 1.807) is 0 Å². The van der Waals surface area contributed by atoms with E-state index in [0.717, 1.165) is 6.07 Å². The van der Waals surface area contributed by atoms with Crippen molar-refractivity contribution < 1.29 is 17.4 Å². The van der Waals surface area contributed by atoms with E-state index in [1.807, 2.05) is 0 Å². The zero-order valence-corrected chi connectivity index (χ0v) is 8.69. The van der Waals surface area contributed by atoms with Gasteiger partial charge in [-0.25, -0.2) is 4.79 Å². The average molecular weight is 241 g/mol. The summed E-state index contributed by atoms with van der Waals surface area (Å²) in [7, 11) is -4.57. The number of benzene rings is 1. The number of hydrogen-bond acceptors (Lipinski definition) is 5. The van der Waals surface area contributed by atoms with Gasteiger partial charge in [-0.2, -0.15) is 8.42 Å². The Balaban J connectivity index is 2.88. The average Bonchev–Trinajstić information content (AvgIpc) is 2.14. The van der Waals surface area contributed by atoms with Crippen molar-refractivity contribution in [2.24, 2.45) is 0 Å². The van der Waals surface area contributed by atoms with Gasteiger partial charge < -0.3 is 10.2 Å². The van der Waals surface area contributed by atoms with Gasteiger partial charge in [0.15, 0.2) is 4.90 Å². The van der Waals surface area contributed by atoms with Crippen LogP contribution in [0, 0.1) is 0 Å². The molecule has 16 heavy (non-hydrogen) atoms. The van der Waals surface area contributed by atoms with Crippen molar-refractivity contribution in [3.05, 3.63) is 34.7 Å². The fourth-order valence-corrected chi connectivity index (χ4v) is 1.82. The molecule has 0 aliphatic carbocycles. The third kappa shape index (κ3) is 1.77. The van der Waals surface area contributed by atoms with Crippen LogP contribution in [0.2, 0.25) is 0 Å². The Bertz CT molecular complexity index is 716. The van der Waals surface area contributed by atoms with Crippen molar-refractivity contribution in [2.75, 3.05) is 5.73 Å². The molecule has 0 atom stereocenters. The molecule has 0 aliphatic rings. The minimum atomic E-state index is -4.57. The van der Waals surface area contributed by atoms with Crippen LogP contribution in [0.25, 0.3) is 11.0 Å². The van der Waals surface area contributed by atoms with Crippen molar-refractivity contribution in [3.8, 4) is 0 Å². The van der Waals surface area contributed by atoms with Gasteiger partial charge in [-0.3, -0.25) is 4.55 Å². The van der Waals surface area contributed by atoms with Crippen LogP contribution in [0.5, 0.6) is 0 Å². The molecule has 0 unspecified atom stereocenters. The number of nitrogens with two attached hydrogens (primary N) is 1. The van der Waals surface area contributed by atoms with E-state index in [1.165, 1.54) is 18.2 Å². The molecule has 0 amide bonds. The summed E-state index contributed by atoms with van der Waals surface area (Å²) in [6.45, 7) is 0. The molecule has 2 aromatic rings. The quantitative estimate of drug-likeness (QED) is 0.430. The molecule has 1 aromatic heterocycles. The lowest BCUT2D eigenvalue weighted by atomic mass is 10.2. The summed E-state index contributed by atoms with van der Waals surface area (Å²) in [6.07, 6.45) is 0. The predicted molar refractivity (Wildman–Crippen MR) is 56.7 cm³/mol. The molecule has 1 heterocycles. The maximum atomic E-state index is 11.2. The van der Waals surface area contributed by atoms with Crippen LogP contribution in [-0.2, 0) is 10.1 Å². The largest absolute Gasteiger partial charge is 0.422 e. The number of rotatable bonds is 1. The Hall–Kier alpha value is -1.86. The molecule has 7 heteroatoms. The zero-order valence-electron chi connectivity index (χ0n) is 7.88. The summed E-state index contributed by atoms with van der Waals surface area (Å²) in [5, 5.41) is 0.362. The Morgan fingerprint density at radius 2 is 1.94 bits per heavy atom. The van der Waals surface area contributed by atoms with E-state index < -0.39 is 20.6 Å². The normalized spacial score (nSPS) is 11.8. The van der Waals surface area contributed by atoms with Crippen LogP contribution >= 0.6 is 0 Å². The second-order valence-electron chi connectivity index (χ2n) is 3.17. The van der Waals surface area contributed by atoms with Crippen molar-refractivity contribution in [3.63, 3.8) is 0 Å². The highest BCUT2D eigenvalue weighted by Crippen LogP contribution is 2.18. The number of fused-ring (bicyclic) bond motifs is 1. The van der Waals surface area contributed by atoms with Crippen LogP contribution in [0.4, 0.5) is 5.69 Å². The van der Waals surface area contributed by atoms with Gasteiger partial charge in [0.25, 0.3) is 0 Å². The van der Waals surface area contributed by atoms with Crippen LogP contribution in [-0.4, -0.2) is 13.0 Å². The Morgan fingerprint density at radius 1 is 1.25 bits per heavy atom. The second kappa shape index (κ2) is 3.32. The van der Waals surface area contributed by atoms with Crippen molar-refractivity contribution in [2.45, 2.75) is 4.90 Å². The lowest BCUT2D eigenvalue weighted by Gasteiger charge is -2.00. The SMILES string of the molecule is Nc1ccc2cc(S(=O)(=O)O)c(=O)oc2c1. The highest BCUT2D eigenvalue weighted by molar-refractivity contribution is 7.85. The fraction of sp³-hybridized carbons (Fsp3) is 0. The first kappa shape index (κ1) is 10.7. The van der Waals surface area contributed by atoms with Gasteiger partial charge in [-0.05, 0) is 18.2 Å². The van der Waals surface area contributed by atoms with Gasteiger partial charge in [-0.15, -0.1) is 0 Å². The molecule has 0 saturated carbocycles.